The van der Waals surface area contributed by atoms with Crippen molar-refractivity contribution in [1.29, 1.82) is 0 Å². The first-order chi connectivity index (χ1) is 14.8. The van der Waals surface area contributed by atoms with E-state index in [1.165, 1.54) is 32.3 Å². The van der Waals surface area contributed by atoms with E-state index in [-0.39, 0.29) is 35.8 Å². The van der Waals surface area contributed by atoms with Gasteiger partial charge in [-0.25, -0.2) is 9.89 Å². The van der Waals surface area contributed by atoms with Crippen LogP contribution in [0.5, 0.6) is 5.88 Å². The Labute approximate surface area is 178 Å². The summed E-state index contributed by atoms with van der Waals surface area (Å²) in [5.41, 5.74) is -0.127. The Hall–Kier alpha value is -3.43. The minimum Gasteiger partial charge on any atom is -0.477 e. The van der Waals surface area contributed by atoms with Gasteiger partial charge in [-0.1, -0.05) is 18.4 Å². The third-order valence-corrected chi connectivity index (χ3v) is 5.40. The summed E-state index contributed by atoms with van der Waals surface area (Å²) in [6, 6.07) is 0.0381. The van der Waals surface area contributed by atoms with Crippen LogP contribution in [0.2, 0.25) is 0 Å². The first kappa shape index (κ1) is 20.8. The van der Waals surface area contributed by atoms with Crippen molar-refractivity contribution < 1.29 is 24.1 Å². The molecule has 0 unspecified atom stereocenters. The van der Waals surface area contributed by atoms with Crippen LogP contribution in [0, 0.1) is 5.92 Å². The second kappa shape index (κ2) is 8.01. The standard InChI is InChI=1S/C21H25N5O5/c1-12(2)10-25-19-13(3-6-16(28)24-8-7-15(27)11-24)9-22-26(19)21(31)17(20(25)30)18(29)23-14-4-5-14/h3,6,9,12,14H,4-5,7-8,10-11H2,1-2H3,(H2,23,29,30,31)/p+1/b6-3+. The van der Waals surface area contributed by atoms with Gasteiger partial charge >= 0.3 is 17.1 Å². The fourth-order valence-electron chi connectivity index (χ4n) is 3.69. The van der Waals surface area contributed by atoms with Crippen molar-refractivity contribution in [2.45, 2.75) is 45.7 Å². The summed E-state index contributed by atoms with van der Waals surface area (Å²) < 4.78 is 2.71. The van der Waals surface area contributed by atoms with E-state index in [9.17, 15) is 24.3 Å². The molecule has 1 aliphatic heterocycles. The molecule has 1 saturated heterocycles. The van der Waals surface area contributed by atoms with E-state index in [0.29, 0.717) is 30.7 Å². The molecule has 2 aromatic heterocycles. The van der Waals surface area contributed by atoms with Crippen LogP contribution in [-0.4, -0.2) is 56.3 Å². The number of ketones is 1. The zero-order chi connectivity index (χ0) is 22.3. The number of Topliss-reactive ketones (excluding diaryl/α,β-unsaturated/α-hetero) is 1. The van der Waals surface area contributed by atoms with Crippen LogP contribution in [0.25, 0.3) is 11.7 Å². The highest BCUT2D eigenvalue weighted by molar-refractivity contribution is 5.97. The van der Waals surface area contributed by atoms with Gasteiger partial charge in [-0.2, -0.15) is 4.57 Å². The van der Waals surface area contributed by atoms with Crippen LogP contribution in [0.1, 0.15) is 49.0 Å². The van der Waals surface area contributed by atoms with Crippen LogP contribution in [0.4, 0.5) is 0 Å². The Balaban J connectivity index is 1.76. The quantitative estimate of drug-likeness (QED) is 0.440. The molecule has 0 atom stereocenters. The van der Waals surface area contributed by atoms with Gasteiger partial charge in [0.15, 0.2) is 5.78 Å². The lowest BCUT2D eigenvalue weighted by atomic mass is 10.2. The first-order valence-corrected chi connectivity index (χ1v) is 10.4. The average Bonchev–Trinajstić information content (AvgIpc) is 3.24. The van der Waals surface area contributed by atoms with Gasteiger partial charge in [0.25, 0.3) is 5.91 Å². The van der Waals surface area contributed by atoms with Crippen molar-refractivity contribution in [3.8, 4) is 5.88 Å². The first-order valence-electron chi connectivity index (χ1n) is 10.4. The molecule has 4 rings (SSSR count). The van der Waals surface area contributed by atoms with E-state index in [4.69, 9.17) is 0 Å². The minimum absolute atomic E-state index is 0.0251. The number of aromatic amines is 1. The van der Waals surface area contributed by atoms with Gasteiger partial charge in [-0.3, -0.25) is 14.4 Å². The molecule has 0 aromatic carbocycles. The number of carbonyl (C=O) groups excluding carboxylic acids is 3. The summed E-state index contributed by atoms with van der Waals surface area (Å²) in [5, 5.41) is 16.5. The van der Waals surface area contributed by atoms with Gasteiger partial charge < -0.3 is 15.3 Å². The summed E-state index contributed by atoms with van der Waals surface area (Å²) >= 11 is 0. The van der Waals surface area contributed by atoms with Gasteiger partial charge in [-0.05, 0) is 24.8 Å². The summed E-state index contributed by atoms with van der Waals surface area (Å²) in [7, 11) is 0. The molecule has 1 saturated carbocycles. The number of rotatable bonds is 6. The maximum absolute atomic E-state index is 13.0. The summed E-state index contributed by atoms with van der Waals surface area (Å²) in [5.74, 6) is -1.16. The molecule has 1 aliphatic carbocycles. The third-order valence-electron chi connectivity index (χ3n) is 5.40. The van der Waals surface area contributed by atoms with Crippen LogP contribution >= 0.6 is 0 Å². The highest BCUT2D eigenvalue weighted by Gasteiger charge is 2.34. The topological polar surface area (TPSA) is 128 Å². The van der Waals surface area contributed by atoms with Crippen LogP contribution in [0.3, 0.4) is 0 Å². The van der Waals surface area contributed by atoms with Crippen molar-refractivity contribution in [2.24, 2.45) is 5.92 Å². The number of carbonyl (C=O) groups is 3. The summed E-state index contributed by atoms with van der Waals surface area (Å²) in [4.78, 5) is 50.8. The predicted molar refractivity (Wildman–Crippen MR) is 110 cm³/mol. The zero-order valence-corrected chi connectivity index (χ0v) is 17.6. The average molecular weight is 428 g/mol. The maximum Gasteiger partial charge on any atom is 0.378 e. The molecule has 2 amide bonds. The molecule has 10 nitrogen and oxygen atoms in total. The maximum atomic E-state index is 13.0. The molecule has 10 heteroatoms. The highest BCUT2D eigenvalue weighted by atomic mass is 16.3. The largest absolute Gasteiger partial charge is 0.477 e. The SMILES string of the molecule is CC(C)C[n+]1c(O)c(C(=O)NC2CC2)c(=O)n2[nH]cc(/C=C/C(=O)N3CCC(=O)C3)c21. The van der Waals surface area contributed by atoms with E-state index < -0.39 is 17.3 Å². The Kier molecular flexibility index (Phi) is 5.38. The van der Waals surface area contributed by atoms with E-state index in [1.807, 2.05) is 13.8 Å². The number of aromatic nitrogens is 3. The van der Waals surface area contributed by atoms with Gasteiger partial charge in [0.2, 0.25) is 11.5 Å². The predicted octanol–water partition coefficient (Wildman–Crippen LogP) is -0.0165. The van der Waals surface area contributed by atoms with Crippen molar-refractivity contribution >= 4 is 29.3 Å². The molecule has 3 heterocycles. The summed E-state index contributed by atoms with van der Waals surface area (Å²) in [6.07, 6.45) is 6.49. The molecule has 2 aliphatic rings. The molecule has 0 spiro atoms. The van der Waals surface area contributed by atoms with Gasteiger partial charge in [0, 0.05) is 25.1 Å². The highest BCUT2D eigenvalue weighted by Crippen LogP contribution is 2.21. The van der Waals surface area contributed by atoms with Crippen LogP contribution in [-0.2, 0) is 16.1 Å². The van der Waals surface area contributed by atoms with Crippen molar-refractivity contribution in [1.82, 2.24) is 19.8 Å². The van der Waals surface area contributed by atoms with E-state index >= 15 is 0 Å². The fourth-order valence-corrected chi connectivity index (χ4v) is 3.69. The van der Waals surface area contributed by atoms with Crippen LogP contribution in [0.15, 0.2) is 17.1 Å². The van der Waals surface area contributed by atoms with Crippen molar-refractivity contribution in [3.05, 3.63) is 33.8 Å². The molecule has 0 bridgehead atoms. The molecule has 31 heavy (non-hydrogen) atoms. The lowest BCUT2D eigenvalue weighted by Crippen LogP contribution is -2.46. The molecule has 2 aromatic rings. The van der Waals surface area contributed by atoms with Gasteiger partial charge in [-0.15, -0.1) is 0 Å². The Bertz CT molecular complexity index is 1160. The number of nitrogens with one attached hydrogen (secondary N) is 2. The number of nitrogens with zero attached hydrogens (tertiary/aromatic N) is 3. The third kappa shape index (κ3) is 4.10. The normalized spacial score (nSPS) is 16.7. The number of hydrogen-bond acceptors (Lipinski definition) is 5. The lowest BCUT2D eigenvalue weighted by molar-refractivity contribution is -0.686. The van der Waals surface area contributed by atoms with Crippen molar-refractivity contribution in [2.75, 3.05) is 13.1 Å². The Morgan fingerprint density at radius 3 is 2.71 bits per heavy atom. The molecule has 0 radical (unpaired) electrons. The Morgan fingerprint density at radius 2 is 2.10 bits per heavy atom. The van der Waals surface area contributed by atoms with E-state index in [0.717, 1.165) is 12.8 Å². The number of aromatic hydroxyl groups is 1. The number of fused-ring (bicyclic) bond motifs is 1. The lowest BCUT2D eigenvalue weighted by Gasteiger charge is -2.11. The minimum atomic E-state index is -0.665. The number of amides is 2. The molecule has 164 valence electrons. The van der Waals surface area contributed by atoms with Gasteiger partial charge in [0.05, 0.1) is 24.8 Å². The zero-order valence-electron chi connectivity index (χ0n) is 17.6. The monoisotopic (exact) mass is 428 g/mol. The number of hydrogen-bond donors (Lipinski definition) is 3. The smallest absolute Gasteiger partial charge is 0.378 e. The molecule has 3 N–H and O–H groups in total. The number of likely N-dealkylation sites (tertiary alicyclic amines) is 1. The second-order valence-corrected chi connectivity index (χ2v) is 8.53. The fraction of sp³-hybridized carbons (Fsp3) is 0.476. The summed E-state index contributed by atoms with van der Waals surface area (Å²) in [6.45, 7) is 4.75. The van der Waals surface area contributed by atoms with E-state index in [1.54, 1.807) is 0 Å². The second-order valence-electron chi connectivity index (χ2n) is 8.53. The van der Waals surface area contributed by atoms with E-state index in [2.05, 4.69) is 10.4 Å². The molecular formula is C21H26N5O5+. The van der Waals surface area contributed by atoms with Crippen molar-refractivity contribution in [3.63, 3.8) is 0 Å². The van der Waals surface area contributed by atoms with Gasteiger partial charge in [0.1, 0.15) is 0 Å². The number of H-pyrrole nitrogens is 1. The molecular weight excluding hydrogens is 402 g/mol. The molecule has 2 fully saturated rings. The van der Waals surface area contributed by atoms with Crippen LogP contribution < -0.4 is 15.4 Å². The Morgan fingerprint density at radius 1 is 1.35 bits per heavy atom.